The number of hydrogen-bond donors (Lipinski definition) is 0. The van der Waals surface area contributed by atoms with E-state index in [0.29, 0.717) is 5.90 Å². The van der Waals surface area contributed by atoms with E-state index in [2.05, 4.69) is 66.9 Å². The second-order valence-corrected chi connectivity index (χ2v) is 13.3. The van der Waals surface area contributed by atoms with Gasteiger partial charge in [-0.15, -0.1) is 11.8 Å². The summed E-state index contributed by atoms with van der Waals surface area (Å²) in [6.07, 6.45) is 2.13. The maximum atomic E-state index is 6.44. The molecule has 0 radical (unpaired) electrons. The van der Waals surface area contributed by atoms with Crippen LogP contribution in [-0.2, 0) is 0 Å². The Balaban J connectivity index is 1.62. The van der Waals surface area contributed by atoms with Crippen molar-refractivity contribution in [3.05, 3.63) is 121 Å². The molecule has 7 heteroatoms. The van der Waals surface area contributed by atoms with E-state index < -0.39 is 0 Å². The lowest BCUT2D eigenvalue weighted by Crippen LogP contribution is -2.30. The van der Waals surface area contributed by atoms with Crippen molar-refractivity contribution in [3.8, 4) is 5.75 Å². The van der Waals surface area contributed by atoms with Gasteiger partial charge in [-0.05, 0) is 54.8 Å². The first-order valence-corrected chi connectivity index (χ1v) is 16.7. The largest absolute Gasteiger partial charge is 0.442 e. The van der Waals surface area contributed by atoms with Gasteiger partial charge in [0.15, 0.2) is 0 Å². The highest BCUT2D eigenvalue weighted by molar-refractivity contribution is 8.85. The summed E-state index contributed by atoms with van der Waals surface area (Å²) in [7, 11) is 7.30. The minimum atomic E-state index is 0.0258. The summed E-state index contributed by atoms with van der Waals surface area (Å²) >= 11 is 1.77. The van der Waals surface area contributed by atoms with Crippen LogP contribution in [0.4, 0.5) is 5.69 Å². The van der Waals surface area contributed by atoms with Crippen LogP contribution in [-0.4, -0.2) is 22.0 Å². The monoisotopic (exact) mass is 551 g/mol. The molecule has 0 spiro atoms. The average molecular weight is 552 g/mol. The van der Waals surface area contributed by atoms with Crippen molar-refractivity contribution in [2.45, 2.75) is 19.6 Å². The molecule has 4 rings (SSSR count). The smallest absolute Gasteiger partial charge is 0.210 e. The van der Waals surface area contributed by atoms with E-state index in [9.17, 15) is 0 Å². The molecule has 0 saturated carbocycles. The number of aliphatic imine (C=N–C) groups is 1. The van der Waals surface area contributed by atoms with Gasteiger partial charge in [0.05, 0.1) is 10.3 Å². The van der Waals surface area contributed by atoms with Gasteiger partial charge in [-0.2, -0.15) is 0 Å². The molecule has 0 bridgehead atoms. The zero-order chi connectivity index (χ0) is 24.1. The Bertz CT molecular complexity index is 1120. The number of thioether (sulfide) groups is 1. The molecule has 0 aliphatic heterocycles. The summed E-state index contributed by atoms with van der Waals surface area (Å²) in [4.78, 5) is 7.45. The standard InChI is InChI=1S/C28H25NOS5/c1-31-26(27(29-22-14-6-2-7-15-22)30-23-16-8-3-9-17-23)28(34-32-24-18-10-4-11-19-24)35-33-25-20-12-5-13-21-25/h2-21,26,28H,1H3/b29-27-. The molecule has 2 nitrogen and oxygen atoms in total. The summed E-state index contributed by atoms with van der Waals surface area (Å²) in [6.45, 7) is 0. The molecular formula is C28H25NOS5. The van der Waals surface area contributed by atoms with E-state index in [1.165, 1.54) is 9.79 Å². The lowest BCUT2D eigenvalue weighted by Gasteiger charge is -2.25. The molecule has 1 atom stereocenters. The molecule has 0 heterocycles. The number of benzene rings is 4. The van der Waals surface area contributed by atoms with Crippen LogP contribution >= 0.6 is 54.9 Å². The molecule has 4 aromatic rings. The van der Waals surface area contributed by atoms with Gasteiger partial charge in [-0.25, -0.2) is 4.99 Å². The van der Waals surface area contributed by atoms with E-state index in [4.69, 9.17) is 9.73 Å². The Hall–Kier alpha value is -1.90. The summed E-state index contributed by atoms with van der Waals surface area (Å²) in [5, 5.41) is 0.0258. The van der Waals surface area contributed by atoms with E-state index in [-0.39, 0.29) is 9.83 Å². The van der Waals surface area contributed by atoms with Crippen LogP contribution < -0.4 is 4.74 Å². The highest BCUT2D eigenvalue weighted by Crippen LogP contribution is 2.49. The van der Waals surface area contributed by atoms with Gasteiger partial charge in [0.2, 0.25) is 5.90 Å². The SMILES string of the molecule is CSC(/C(=N/c1ccccc1)Oc1ccccc1)C(SSc1ccccc1)SSc1ccccc1. The Morgan fingerprint density at radius 1 is 0.629 bits per heavy atom. The van der Waals surface area contributed by atoms with E-state index >= 15 is 0 Å². The van der Waals surface area contributed by atoms with E-state index in [1.54, 1.807) is 33.3 Å². The Morgan fingerprint density at radius 2 is 1.09 bits per heavy atom. The van der Waals surface area contributed by atoms with Gasteiger partial charge < -0.3 is 4.74 Å². The first-order chi connectivity index (χ1) is 17.3. The van der Waals surface area contributed by atoms with Crippen LogP contribution in [0.25, 0.3) is 0 Å². The summed E-state index contributed by atoms with van der Waals surface area (Å²) < 4.78 is 6.61. The normalized spacial score (nSPS) is 12.5. The Kier molecular flexibility index (Phi) is 10.9. The molecule has 178 valence electrons. The van der Waals surface area contributed by atoms with Crippen molar-refractivity contribution in [2.75, 3.05) is 6.26 Å². The van der Waals surface area contributed by atoms with Gasteiger partial charge in [0.25, 0.3) is 0 Å². The van der Waals surface area contributed by atoms with Crippen LogP contribution in [0.5, 0.6) is 5.75 Å². The molecule has 35 heavy (non-hydrogen) atoms. The molecule has 0 saturated heterocycles. The third kappa shape index (κ3) is 8.62. The van der Waals surface area contributed by atoms with Gasteiger partial charge in [0, 0.05) is 9.79 Å². The van der Waals surface area contributed by atoms with Gasteiger partial charge >= 0.3 is 0 Å². The number of hydrogen-bond acceptors (Lipinski definition) is 7. The topological polar surface area (TPSA) is 21.6 Å². The van der Waals surface area contributed by atoms with Gasteiger partial charge in [-0.1, -0.05) is 116 Å². The molecular weight excluding hydrogens is 527 g/mol. The quantitative estimate of drug-likeness (QED) is 0.0795. The zero-order valence-electron chi connectivity index (χ0n) is 19.1. The number of ether oxygens (including phenoxy) is 1. The van der Waals surface area contributed by atoms with Gasteiger partial charge in [0.1, 0.15) is 11.0 Å². The molecule has 4 aromatic carbocycles. The zero-order valence-corrected chi connectivity index (χ0v) is 23.2. The number of rotatable bonds is 11. The maximum absolute atomic E-state index is 6.44. The minimum Gasteiger partial charge on any atom is -0.442 e. The molecule has 0 aliphatic carbocycles. The highest BCUT2D eigenvalue weighted by atomic mass is 33.1. The third-order valence-corrected chi connectivity index (χ3v) is 12.3. The van der Waals surface area contributed by atoms with Crippen molar-refractivity contribution >= 4 is 66.5 Å². The fraction of sp³-hybridized carbons (Fsp3) is 0.107. The van der Waals surface area contributed by atoms with Crippen LogP contribution in [0.3, 0.4) is 0 Å². The second kappa shape index (κ2) is 14.6. The average Bonchev–Trinajstić information content (AvgIpc) is 2.92. The fourth-order valence-corrected chi connectivity index (χ4v) is 10.9. The Morgan fingerprint density at radius 3 is 1.57 bits per heavy atom. The maximum Gasteiger partial charge on any atom is 0.210 e. The molecule has 0 N–H and O–H groups in total. The lowest BCUT2D eigenvalue weighted by molar-refractivity contribution is 0.538. The minimum absolute atomic E-state index is 0.0258. The highest BCUT2D eigenvalue weighted by Gasteiger charge is 2.30. The van der Waals surface area contributed by atoms with Crippen LogP contribution in [0.15, 0.2) is 136 Å². The summed E-state index contributed by atoms with van der Waals surface area (Å²) in [5.41, 5.74) is 0.887. The van der Waals surface area contributed by atoms with Crippen molar-refractivity contribution in [2.24, 2.45) is 4.99 Å². The van der Waals surface area contributed by atoms with Crippen LogP contribution in [0.2, 0.25) is 0 Å². The van der Waals surface area contributed by atoms with Crippen molar-refractivity contribution < 1.29 is 4.74 Å². The molecule has 0 amide bonds. The number of nitrogens with zero attached hydrogens (tertiary/aromatic N) is 1. The molecule has 0 aromatic heterocycles. The first kappa shape index (κ1) is 26.2. The van der Waals surface area contributed by atoms with Crippen LogP contribution in [0.1, 0.15) is 0 Å². The fourth-order valence-electron chi connectivity index (χ4n) is 2.99. The van der Waals surface area contributed by atoms with Crippen LogP contribution in [0, 0.1) is 0 Å². The number of para-hydroxylation sites is 2. The predicted octanol–water partition coefficient (Wildman–Crippen LogP) is 9.73. The third-order valence-electron chi connectivity index (χ3n) is 4.67. The molecule has 0 aliphatic rings. The van der Waals surface area contributed by atoms with Crippen molar-refractivity contribution in [1.82, 2.24) is 0 Å². The Labute approximate surface area is 227 Å². The predicted molar refractivity (Wildman–Crippen MR) is 161 cm³/mol. The summed E-state index contributed by atoms with van der Waals surface area (Å²) in [5.74, 6) is 1.50. The van der Waals surface area contributed by atoms with E-state index in [0.717, 1.165) is 11.4 Å². The molecule has 0 fully saturated rings. The molecule has 1 unspecified atom stereocenters. The van der Waals surface area contributed by atoms with Crippen molar-refractivity contribution in [3.63, 3.8) is 0 Å². The van der Waals surface area contributed by atoms with E-state index in [1.807, 2.05) is 82.3 Å². The summed E-state index contributed by atoms with van der Waals surface area (Å²) in [6, 6.07) is 41.0. The lowest BCUT2D eigenvalue weighted by atomic mass is 10.3. The van der Waals surface area contributed by atoms with Gasteiger partial charge in [-0.3, -0.25) is 0 Å². The first-order valence-electron chi connectivity index (χ1n) is 11.0. The second-order valence-electron chi connectivity index (χ2n) is 7.21. The van der Waals surface area contributed by atoms with Crippen molar-refractivity contribution in [1.29, 1.82) is 0 Å².